The predicted molar refractivity (Wildman–Crippen MR) is 84.9 cm³/mol. The molecule has 1 atom stereocenters. The molecule has 20 heavy (non-hydrogen) atoms. The number of benzene rings is 1. The van der Waals surface area contributed by atoms with Crippen LogP contribution in [0.25, 0.3) is 0 Å². The van der Waals surface area contributed by atoms with Gasteiger partial charge in [0.15, 0.2) is 0 Å². The quantitative estimate of drug-likeness (QED) is 0.801. The van der Waals surface area contributed by atoms with Crippen molar-refractivity contribution in [2.45, 2.75) is 56.6 Å². The zero-order valence-corrected chi connectivity index (χ0v) is 13.1. The lowest BCUT2D eigenvalue weighted by Crippen LogP contribution is -2.45. The van der Waals surface area contributed by atoms with Crippen molar-refractivity contribution in [3.05, 3.63) is 28.2 Å². The largest absolute Gasteiger partial charge is 0.381 e. The molecule has 110 valence electrons. The first-order valence-corrected chi connectivity index (χ1v) is 8.29. The van der Waals surface area contributed by atoms with Crippen molar-refractivity contribution >= 4 is 28.9 Å². The van der Waals surface area contributed by atoms with Crippen LogP contribution in [0.15, 0.2) is 18.2 Å². The van der Waals surface area contributed by atoms with Crippen LogP contribution in [0.3, 0.4) is 0 Å². The molecular formula is C16H21Cl2NO. The molecule has 0 amide bonds. The maximum atomic E-state index is 6.26. The van der Waals surface area contributed by atoms with Crippen molar-refractivity contribution in [2.24, 2.45) is 0 Å². The number of halogens is 2. The van der Waals surface area contributed by atoms with Crippen LogP contribution in [0, 0.1) is 0 Å². The van der Waals surface area contributed by atoms with E-state index in [1.807, 2.05) is 18.2 Å². The minimum atomic E-state index is 0.110. The number of hydrogen-bond donors (Lipinski definition) is 1. The van der Waals surface area contributed by atoms with Gasteiger partial charge in [0.25, 0.3) is 0 Å². The minimum Gasteiger partial charge on any atom is -0.381 e. The highest BCUT2D eigenvalue weighted by Gasteiger charge is 2.38. The molecule has 1 spiro atoms. The lowest BCUT2D eigenvalue weighted by molar-refractivity contribution is -0.103. The molecule has 2 nitrogen and oxygen atoms in total. The molecule has 1 unspecified atom stereocenters. The molecule has 2 aliphatic rings. The third-order valence-corrected chi connectivity index (χ3v) is 5.39. The number of nitrogens with one attached hydrogen (secondary N) is 1. The lowest BCUT2D eigenvalue weighted by Gasteiger charge is -2.44. The van der Waals surface area contributed by atoms with Gasteiger partial charge in [-0.3, -0.25) is 0 Å². The predicted octanol–water partition coefficient (Wildman–Crippen LogP) is 5.29. The highest BCUT2D eigenvalue weighted by atomic mass is 35.5. The SMILES string of the molecule is Clc1cccc(NC2CCOC3(CCCCC3)C2)c1Cl. The highest BCUT2D eigenvalue weighted by Crippen LogP contribution is 2.40. The molecule has 1 N–H and O–H groups in total. The monoisotopic (exact) mass is 313 g/mol. The van der Waals surface area contributed by atoms with E-state index in [1.54, 1.807) is 0 Å². The first-order chi connectivity index (χ1) is 9.69. The van der Waals surface area contributed by atoms with E-state index in [4.69, 9.17) is 27.9 Å². The molecule has 3 rings (SSSR count). The molecular weight excluding hydrogens is 293 g/mol. The summed E-state index contributed by atoms with van der Waals surface area (Å²) in [7, 11) is 0. The van der Waals surface area contributed by atoms with Gasteiger partial charge in [-0.1, -0.05) is 48.5 Å². The first-order valence-electron chi connectivity index (χ1n) is 7.53. The first kappa shape index (κ1) is 14.5. The summed E-state index contributed by atoms with van der Waals surface area (Å²) in [6, 6.07) is 6.18. The van der Waals surface area contributed by atoms with Crippen molar-refractivity contribution in [3.63, 3.8) is 0 Å². The van der Waals surface area contributed by atoms with Crippen LogP contribution in [0.5, 0.6) is 0 Å². The lowest BCUT2D eigenvalue weighted by atomic mass is 9.78. The second-order valence-electron chi connectivity index (χ2n) is 6.03. The Hall–Kier alpha value is -0.440. The van der Waals surface area contributed by atoms with Crippen LogP contribution in [0.4, 0.5) is 5.69 Å². The summed E-state index contributed by atoms with van der Waals surface area (Å²) in [6.07, 6.45) is 8.46. The van der Waals surface area contributed by atoms with Gasteiger partial charge in [-0.2, -0.15) is 0 Å². The van der Waals surface area contributed by atoms with Gasteiger partial charge in [0, 0.05) is 12.6 Å². The Morgan fingerprint density at radius 1 is 1.15 bits per heavy atom. The van der Waals surface area contributed by atoms with Crippen molar-refractivity contribution in [1.29, 1.82) is 0 Å². The second-order valence-corrected chi connectivity index (χ2v) is 6.81. The van der Waals surface area contributed by atoms with E-state index in [1.165, 1.54) is 32.1 Å². The normalized spacial score (nSPS) is 25.6. The van der Waals surface area contributed by atoms with Gasteiger partial charge in [-0.15, -0.1) is 0 Å². The maximum Gasteiger partial charge on any atom is 0.0823 e. The van der Waals surface area contributed by atoms with Gasteiger partial charge >= 0.3 is 0 Å². The molecule has 2 fully saturated rings. The number of rotatable bonds is 2. The summed E-state index contributed by atoms with van der Waals surface area (Å²) in [5.74, 6) is 0. The number of ether oxygens (including phenoxy) is 1. The Kier molecular flexibility index (Phi) is 4.44. The highest BCUT2D eigenvalue weighted by molar-refractivity contribution is 6.43. The van der Waals surface area contributed by atoms with Crippen LogP contribution in [-0.2, 0) is 4.74 Å². The Bertz CT molecular complexity index is 466. The summed E-state index contributed by atoms with van der Waals surface area (Å²) in [6.45, 7) is 0.843. The van der Waals surface area contributed by atoms with E-state index in [0.29, 0.717) is 16.1 Å². The summed E-state index contributed by atoms with van der Waals surface area (Å²) in [5.41, 5.74) is 1.05. The molecule has 1 aromatic carbocycles. The molecule has 1 aliphatic carbocycles. The van der Waals surface area contributed by atoms with Gasteiger partial charge in [-0.25, -0.2) is 0 Å². The number of hydrogen-bond acceptors (Lipinski definition) is 2. The molecule has 1 aromatic rings. The van der Waals surface area contributed by atoms with Crippen molar-refractivity contribution in [2.75, 3.05) is 11.9 Å². The van der Waals surface area contributed by atoms with Crippen LogP contribution >= 0.6 is 23.2 Å². The maximum absolute atomic E-state index is 6.26. The van der Waals surface area contributed by atoms with E-state index in [2.05, 4.69) is 5.32 Å². The van der Waals surface area contributed by atoms with Gasteiger partial charge in [0.1, 0.15) is 0 Å². The van der Waals surface area contributed by atoms with Gasteiger partial charge in [0.2, 0.25) is 0 Å². The van der Waals surface area contributed by atoms with E-state index < -0.39 is 0 Å². The average molecular weight is 314 g/mol. The molecule has 1 saturated heterocycles. The molecule has 0 radical (unpaired) electrons. The topological polar surface area (TPSA) is 21.3 Å². The molecule has 0 bridgehead atoms. The molecule has 4 heteroatoms. The summed E-state index contributed by atoms with van der Waals surface area (Å²) in [4.78, 5) is 0. The van der Waals surface area contributed by atoms with Crippen LogP contribution < -0.4 is 5.32 Å². The standard InChI is InChI=1S/C16H21Cl2NO/c17-13-5-4-6-14(15(13)18)19-12-7-10-20-16(11-12)8-2-1-3-9-16/h4-6,12,19H,1-3,7-11H2. The molecule has 1 heterocycles. The van der Waals surface area contributed by atoms with Crippen LogP contribution in [-0.4, -0.2) is 18.2 Å². The van der Waals surface area contributed by atoms with Gasteiger partial charge in [0.05, 0.1) is 21.3 Å². The summed E-state index contributed by atoms with van der Waals surface area (Å²) in [5, 5.41) is 4.80. The molecule has 1 aliphatic heterocycles. The molecule has 1 saturated carbocycles. The zero-order valence-electron chi connectivity index (χ0n) is 11.6. The molecule has 0 aromatic heterocycles. The van der Waals surface area contributed by atoms with Crippen LogP contribution in [0.2, 0.25) is 10.0 Å². The summed E-state index contributed by atoms with van der Waals surface area (Å²) < 4.78 is 6.13. The van der Waals surface area contributed by atoms with Crippen LogP contribution in [0.1, 0.15) is 44.9 Å². The zero-order chi connectivity index (χ0) is 14.0. The van der Waals surface area contributed by atoms with E-state index in [9.17, 15) is 0 Å². The third-order valence-electron chi connectivity index (χ3n) is 4.57. The fourth-order valence-corrected chi connectivity index (χ4v) is 3.89. The minimum absolute atomic E-state index is 0.110. The van der Waals surface area contributed by atoms with Gasteiger partial charge < -0.3 is 10.1 Å². The Labute approximate surface area is 130 Å². The fraction of sp³-hybridized carbons (Fsp3) is 0.625. The Morgan fingerprint density at radius 2 is 1.95 bits per heavy atom. The van der Waals surface area contributed by atoms with E-state index in [-0.39, 0.29) is 5.60 Å². The van der Waals surface area contributed by atoms with E-state index in [0.717, 1.165) is 25.1 Å². The van der Waals surface area contributed by atoms with Crippen molar-refractivity contribution < 1.29 is 4.74 Å². The Balaban J connectivity index is 1.69. The number of anilines is 1. The average Bonchev–Trinajstić information content (AvgIpc) is 2.45. The van der Waals surface area contributed by atoms with E-state index >= 15 is 0 Å². The van der Waals surface area contributed by atoms with Crippen molar-refractivity contribution in [1.82, 2.24) is 0 Å². The van der Waals surface area contributed by atoms with Crippen molar-refractivity contribution in [3.8, 4) is 0 Å². The second kappa shape index (κ2) is 6.13. The summed E-state index contributed by atoms with van der Waals surface area (Å²) >= 11 is 12.3. The fourth-order valence-electron chi connectivity index (χ4n) is 3.53. The smallest absolute Gasteiger partial charge is 0.0823 e. The third kappa shape index (κ3) is 3.08. The van der Waals surface area contributed by atoms with Gasteiger partial charge in [-0.05, 0) is 37.8 Å². The Morgan fingerprint density at radius 3 is 2.75 bits per heavy atom.